The fourth-order valence-corrected chi connectivity index (χ4v) is 1.60. The highest BCUT2D eigenvalue weighted by Gasteiger charge is 2.15. The average molecular weight is 286 g/mol. The summed E-state index contributed by atoms with van der Waals surface area (Å²) in [7, 11) is 1.83. The number of hydrogen-bond acceptors (Lipinski definition) is 2. The van der Waals surface area contributed by atoms with Gasteiger partial charge in [0, 0.05) is 11.0 Å². The maximum absolute atomic E-state index is 10.7. The fourth-order valence-electron chi connectivity index (χ4n) is 1.34. The molecule has 0 spiro atoms. The summed E-state index contributed by atoms with van der Waals surface area (Å²) < 4.78 is 1.06. The largest absolute Gasteiger partial charge is 0.480 e. The molecule has 0 aliphatic heterocycles. The Balaban J connectivity index is 2.45. The van der Waals surface area contributed by atoms with Crippen LogP contribution in [0, 0.1) is 0 Å². The first-order valence-corrected chi connectivity index (χ1v) is 5.97. The first-order chi connectivity index (χ1) is 7.50. The zero-order valence-electron chi connectivity index (χ0n) is 9.48. The van der Waals surface area contributed by atoms with Crippen molar-refractivity contribution in [3.8, 4) is 0 Å². The summed E-state index contributed by atoms with van der Waals surface area (Å²) in [6.07, 6.45) is 0.862. The van der Waals surface area contributed by atoms with Gasteiger partial charge in [-0.3, -0.25) is 9.69 Å². The summed E-state index contributed by atoms with van der Waals surface area (Å²) in [6.45, 7) is 2.44. The van der Waals surface area contributed by atoms with Gasteiger partial charge in [0.05, 0.1) is 0 Å². The van der Waals surface area contributed by atoms with Crippen LogP contribution in [-0.2, 0) is 11.2 Å². The molecule has 0 bridgehead atoms. The standard InChI is InChI=1S/C12H16BrNO2/c1-9(12(15)16)14(2)8-7-10-3-5-11(13)6-4-10/h3-6,9H,7-8H2,1-2H3,(H,15,16). The molecule has 0 saturated heterocycles. The van der Waals surface area contributed by atoms with Crippen molar-refractivity contribution in [1.82, 2.24) is 4.90 Å². The van der Waals surface area contributed by atoms with Crippen LogP contribution in [0.4, 0.5) is 0 Å². The zero-order valence-corrected chi connectivity index (χ0v) is 11.1. The van der Waals surface area contributed by atoms with Gasteiger partial charge in [0.25, 0.3) is 0 Å². The third-order valence-electron chi connectivity index (χ3n) is 2.68. The molecule has 0 aliphatic carbocycles. The first-order valence-electron chi connectivity index (χ1n) is 5.18. The molecule has 1 aromatic carbocycles. The zero-order chi connectivity index (χ0) is 12.1. The highest BCUT2D eigenvalue weighted by Crippen LogP contribution is 2.11. The molecule has 0 amide bonds. The van der Waals surface area contributed by atoms with Crippen molar-refractivity contribution in [2.75, 3.05) is 13.6 Å². The Kier molecular flexibility index (Phi) is 4.96. The molecule has 1 N–H and O–H groups in total. The lowest BCUT2D eigenvalue weighted by molar-refractivity contribution is -0.142. The molecule has 1 unspecified atom stereocenters. The summed E-state index contributed by atoms with van der Waals surface area (Å²) in [6, 6.07) is 7.65. The third-order valence-corrected chi connectivity index (χ3v) is 3.21. The molecule has 0 heterocycles. The van der Waals surface area contributed by atoms with Gasteiger partial charge in [-0.15, -0.1) is 0 Å². The molecule has 0 aromatic heterocycles. The number of nitrogens with zero attached hydrogens (tertiary/aromatic N) is 1. The van der Waals surface area contributed by atoms with Crippen LogP contribution in [0.2, 0.25) is 0 Å². The number of carbonyl (C=O) groups is 1. The Bertz CT molecular complexity index is 351. The SMILES string of the molecule is CC(C(=O)O)N(C)CCc1ccc(Br)cc1. The molecule has 3 nitrogen and oxygen atoms in total. The number of carboxylic acids is 1. The van der Waals surface area contributed by atoms with Gasteiger partial charge in [-0.2, -0.15) is 0 Å². The second-order valence-corrected chi connectivity index (χ2v) is 4.79. The Morgan fingerprint density at radius 1 is 1.44 bits per heavy atom. The maximum Gasteiger partial charge on any atom is 0.320 e. The smallest absolute Gasteiger partial charge is 0.320 e. The summed E-state index contributed by atoms with van der Waals surface area (Å²) >= 11 is 3.38. The van der Waals surface area contributed by atoms with Gasteiger partial charge in [-0.05, 0) is 38.1 Å². The van der Waals surface area contributed by atoms with E-state index in [1.54, 1.807) is 6.92 Å². The predicted molar refractivity (Wildman–Crippen MR) is 67.6 cm³/mol. The van der Waals surface area contributed by atoms with E-state index >= 15 is 0 Å². The molecule has 88 valence electrons. The molecule has 0 aliphatic rings. The van der Waals surface area contributed by atoms with Gasteiger partial charge in [0.2, 0.25) is 0 Å². The van der Waals surface area contributed by atoms with Crippen molar-refractivity contribution in [3.05, 3.63) is 34.3 Å². The number of benzene rings is 1. The Hall–Kier alpha value is -0.870. The van der Waals surface area contributed by atoms with Gasteiger partial charge in [0.15, 0.2) is 0 Å². The van der Waals surface area contributed by atoms with Crippen LogP contribution in [0.5, 0.6) is 0 Å². The molecular weight excluding hydrogens is 270 g/mol. The molecule has 4 heteroatoms. The number of hydrogen-bond donors (Lipinski definition) is 1. The van der Waals surface area contributed by atoms with E-state index in [4.69, 9.17) is 5.11 Å². The minimum atomic E-state index is -0.779. The Morgan fingerprint density at radius 3 is 2.50 bits per heavy atom. The molecule has 1 aromatic rings. The molecule has 16 heavy (non-hydrogen) atoms. The lowest BCUT2D eigenvalue weighted by Gasteiger charge is -2.20. The second-order valence-electron chi connectivity index (χ2n) is 3.87. The molecule has 0 saturated carbocycles. The van der Waals surface area contributed by atoms with Crippen molar-refractivity contribution < 1.29 is 9.90 Å². The minimum Gasteiger partial charge on any atom is -0.480 e. The van der Waals surface area contributed by atoms with E-state index in [1.807, 2.05) is 36.2 Å². The van der Waals surface area contributed by atoms with Crippen LogP contribution in [0.1, 0.15) is 12.5 Å². The van der Waals surface area contributed by atoms with Crippen molar-refractivity contribution in [2.45, 2.75) is 19.4 Å². The monoisotopic (exact) mass is 285 g/mol. The summed E-state index contributed by atoms with van der Waals surface area (Å²) in [5, 5.41) is 8.84. The van der Waals surface area contributed by atoms with E-state index in [2.05, 4.69) is 15.9 Å². The summed E-state index contributed by atoms with van der Waals surface area (Å²) in [5.41, 5.74) is 1.22. The highest BCUT2D eigenvalue weighted by atomic mass is 79.9. The Morgan fingerprint density at radius 2 is 2.00 bits per heavy atom. The highest BCUT2D eigenvalue weighted by molar-refractivity contribution is 9.10. The second kappa shape index (κ2) is 6.01. The van der Waals surface area contributed by atoms with E-state index in [9.17, 15) is 4.79 Å². The maximum atomic E-state index is 10.7. The third kappa shape index (κ3) is 3.94. The van der Waals surface area contributed by atoms with Crippen LogP contribution in [-0.4, -0.2) is 35.6 Å². The molecule has 0 radical (unpaired) electrons. The quantitative estimate of drug-likeness (QED) is 0.903. The first kappa shape index (κ1) is 13.2. The number of aliphatic carboxylic acids is 1. The van der Waals surface area contributed by atoms with Crippen LogP contribution in [0.3, 0.4) is 0 Å². The average Bonchev–Trinajstić information content (AvgIpc) is 2.26. The molecule has 1 atom stereocenters. The van der Waals surface area contributed by atoms with Crippen LogP contribution in [0.25, 0.3) is 0 Å². The van der Waals surface area contributed by atoms with Crippen molar-refractivity contribution in [2.24, 2.45) is 0 Å². The molecule has 0 fully saturated rings. The van der Waals surface area contributed by atoms with Crippen molar-refractivity contribution >= 4 is 21.9 Å². The fraction of sp³-hybridized carbons (Fsp3) is 0.417. The van der Waals surface area contributed by atoms with Crippen LogP contribution < -0.4 is 0 Å². The summed E-state index contributed by atoms with van der Waals surface area (Å²) in [4.78, 5) is 12.6. The Labute approximate surface area is 104 Å². The van der Waals surface area contributed by atoms with Crippen LogP contribution in [0.15, 0.2) is 28.7 Å². The lowest BCUT2D eigenvalue weighted by Crippen LogP contribution is -2.37. The van der Waals surface area contributed by atoms with E-state index in [0.717, 1.165) is 17.4 Å². The molecule has 1 rings (SSSR count). The number of halogens is 1. The van der Waals surface area contributed by atoms with E-state index < -0.39 is 12.0 Å². The van der Waals surface area contributed by atoms with Gasteiger partial charge >= 0.3 is 5.97 Å². The van der Waals surface area contributed by atoms with E-state index in [-0.39, 0.29) is 0 Å². The van der Waals surface area contributed by atoms with Crippen molar-refractivity contribution in [1.29, 1.82) is 0 Å². The molecular formula is C12H16BrNO2. The van der Waals surface area contributed by atoms with Crippen LogP contribution >= 0.6 is 15.9 Å². The minimum absolute atomic E-state index is 0.435. The number of rotatable bonds is 5. The van der Waals surface area contributed by atoms with Crippen molar-refractivity contribution in [3.63, 3.8) is 0 Å². The van der Waals surface area contributed by atoms with E-state index in [0.29, 0.717) is 0 Å². The summed E-state index contributed by atoms with van der Waals surface area (Å²) in [5.74, 6) is -0.779. The normalized spacial score (nSPS) is 12.8. The van der Waals surface area contributed by atoms with Gasteiger partial charge in [0.1, 0.15) is 6.04 Å². The number of likely N-dealkylation sites (N-methyl/N-ethyl adjacent to an activating group) is 1. The van der Waals surface area contributed by atoms with Gasteiger partial charge in [-0.25, -0.2) is 0 Å². The van der Waals surface area contributed by atoms with Gasteiger partial charge in [-0.1, -0.05) is 28.1 Å². The number of carboxylic acid groups (broad SMARTS) is 1. The topological polar surface area (TPSA) is 40.5 Å². The van der Waals surface area contributed by atoms with Gasteiger partial charge < -0.3 is 5.11 Å². The van der Waals surface area contributed by atoms with E-state index in [1.165, 1.54) is 5.56 Å². The lowest BCUT2D eigenvalue weighted by atomic mass is 10.1. The predicted octanol–water partition coefficient (Wildman–Crippen LogP) is 2.40.